The molecule has 3 aliphatic rings. The molecule has 0 aliphatic carbocycles. The maximum atomic E-state index is 15.3. The molecule has 10 nitrogen and oxygen atoms in total. The Morgan fingerprint density at radius 1 is 0.926 bits per heavy atom. The first-order valence-corrected chi connectivity index (χ1v) is 21.7. The average molecular weight is 748 g/mol. The van der Waals surface area contributed by atoms with Gasteiger partial charge < -0.3 is 34.0 Å². The van der Waals surface area contributed by atoms with Gasteiger partial charge in [0.1, 0.15) is 11.5 Å². The van der Waals surface area contributed by atoms with Gasteiger partial charge in [-0.3, -0.25) is 14.4 Å². The zero-order chi connectivity index (χ0) is 38.2. The largest absolute Gasteiger partial charge is 0.497 e. The number of hydrogen-bond acceptors (Lipinski definition) is 7. The van der Waals surface area contributed by atoms with Crippen molar-refractivity contribution < 1.29 is 33.7 Å². The number of amides is 3. The van der Waals surface area contributed by atoms with Crippen LogP contribution >= 0.6 is 0 Å². The van der Waals surface area contributed by atoms with E-state index in [1.54, 1.807) is 28.9 Å². The lowest BCUT2D eigenvalue weighted by Gasteiger charge is -2.37. The average Bonchev–Trinajstić information content (AvgIpc) is 3.60. The molecule has 0 aromatic heterocycles. The van der Waals surface area contributed by atoms with Crippen molar-refractivity contribution in [2.45, 2.75) is 63.2 Å². The van der Waals surface area contributed by atoms with Crippen LogP contribution in [0.4, 0.5) is 11.4 Å². The summed E-state index contributed by atoms with van der Waals surface area (Å²) in [4.78, 5) is 46.9. The minimum Gasteiger partial charge on any atom is -0.497 e. The number of benzene rings is 4. The van der Waals surface area contributed by atoms with Crippen LogP contribution in [0, 0.1) is 5.92 Å². The van der Waals surface area contributed by atoms with E-state index in [1.807, 2.05) is 84.9 Å². The molecule has 2 saturated heterocycles. The number of methoxy groups -OCH3 is 2. The van der Waals surface area contributed by atoms with E-state index in [9.17, 15) is 14.7 Å². The van der Waals surface area contributed by atoms with E-state index in [4.69, 9.17) is 14.2 Å². The van der Waals surface area contributed by atoms with Crippen LogP contribution in [0.2, 0.25) is 18.6 Å². The second kappa shape index (κ2) is 15.0. The van der Waals surface area contributed by atoms with Crippen LogP contribution in [0.5, 0.6) is 11.5 Å². The van der Waals surface area contributed by atoms with Crippen LogP contribution in [0.1, 0.15) is 36.5 Å². The highest BCUT2D eigenvalue weighted by Crippen LogP contribution is 2.60. The van der Waals surface area contributed by atoms with Crippen LogP contribution in [0.25, 0.3) is 0 Å². The van der Waals surface area contributed by atoms with Crippen LogP contribution < -0.4 is 24.5 Å². The van der Waals surface area contributed by atoms with Crippen molar-refractivity contribution in [3.63, 3.8) is 0 Å². The van der Waals surface area contributed by atoms with E-state index in [0.29, 0.717) is 31.8 Å². The first-order valence-electron chi connectivity index (χ1n) is 18.7. The number of anilines is 2. The Balaban J connectivity index is 1.28. The standard InChI is InChI=1S/C43H49N3O7Si/c1-29-41(54(4,5)35-18-15-33(51-2)16-19-35)38(26-40(49)44(23-24-47)27-30-9-7-6-8-10-30)53-43(29)36-25-34(52-3)17-20-37(36)46(42(43)50)28-31-11-13-32(14-12-31)45-22-21-39(45)48/h6-20,25,29,38,41,47H,21-24,26-28H2,1-5H3/t29-,38+,41-,43+/m1/s1. The van der Waals surface area contributed by atoms with Crippen molar-refractivity contribution in [2.75, 3.05) is 43.7 Å². The molecular formula is C43H49N3O7Si. The lowest BCUT2D eigenvalue weighted by Crippen LogP contribution is -2.52. The Labute approximate surface area is 318 Å². The molecule has 3 heterocycles. The van der Waals surface area contributed by atoms with Crippen molar-refractivity contribution >= 4 is 42.4 Å². The number of fused-ring (bicyclic) bond motifs is 2. The third kappa shape index (κ3) is 6.58. The molecule has 7 rings (SSSR count). The number of β-lactam (4-membered cyclic amide) rings is 1. The smallest absolute Gasteiger partial charge is 0.264 e. The maximum Gasteiger partial charge on any atom is 0.264 e. The number of ether oxygens (including phenoxy) is 3. The highest BCUT2D eigenvalue weighted by atomic mass is 28.3. The number of carbonyl (C=O) groups is 3. The minimum absolute atomic E-state index is 0.0550. The molecule has 54 heavy (non-hydrogen) atoms. The van der Waals surface area contributed by atoms with E-state index in [-0.39, 0.29) is 48.8 Å². The second-order valence-electron chi connectivity index (χ2n) is 15.1. The number of rotatable bonds is 13. The summed E-state index contributed by atoms with van der Waals surface area (Å²) >= 11 is 0. The Bertz CT molecular complexity index is 2010. The molecule has 0 bridgehead atoms. The SMILES string of the molecule is COc1ccc([Si](C)(C)[C@H]2[C@H](CC(=O)N(CCO)Cc3ccccc3)O[C@@]3(C(=O)N(Cc4ccc(N5CCC5=O)cc4)c4ccc(OC)cc43)[C@@H]2C)cc1. The van der Waals surface area contributed by atoms with Crippen LogP contribution in [0.3, 0.4) is 0 Å². The van der Waals surface area contributed by atoms with Crippen molar-refractivity contribution in [1.82, 2.24) is 4.90 Å². The van der Waals surface area contributed by atoms with Crippen molar-refractivity contribution in [3.8, 4) is 11.5 Å². The lowest BCUT2D eigenvalue weighted by atomic mass is 9.82. The number of nitrogens with zero attached hydrogens (tertiary/aromatic N) is 3. The van der Waals surface area contributed by atoms with Crippen LogP contribution in [0.15, 0.2) is 97.1 Å². The fourth-order valence-electron chi connectivity index (χ4n) is 8.85. The molecule has 1 spiro atoms. The van der Waals surface area contributed by atoms with E-state index in [1.165, 1.54) is 5.19 Å². The molecule has 4 atom stereocenters. The van der Waals surface area contributed by atoms with Gasteiger partial charge in [0.15, 0.2) is 5.60 Å². The first-order chi connectivity index (χ1) is 26.0. The summed E-state index contributed by atoms with van der Waals surface area (Å²) in [7, 11) is 0.736. The molecule has 11 heteroatoms. The predicted molar refractivity (Wildman–Crippen MR) is 211 cm³/mol. The second-order valence-corrected chi connectivity index (χ2v) is 19.8. The van der Waals surface area contributed by atoms with E-state index >= 15 is 4.79 Å². The minimum atomic E-state index is -2.52. The topological polar surface area (TPSA) is 109 Å². The van der Waals surface area contributed by atoms with Crippen molar-refractivity contribution in [3.05, 3.63) is 114 Å². The molecule has 0 saturated carbocycles. The lowest BCUT2D eigenvalue weighted by molar-refractivity contribution is -0.150. The van der Waals surface area contributed by atoms with Gasteiger partial charge in [-0.15, -0.1) is 0 Å². The number of aliphatic hydroxyl groups is 1. The van der Waals surface area contributed by atoms with Crippen LogP contribution in [-0.2, 0) is 37.8 Å². The van der Waals surface area contributed by atoms with Gasteiger partial charge in [-0.25, -0.2) is 0 Å². The van der Waals surface area contributed by atoms with E-state index in [2.05, 4.69) is 32.2 Å². The van der Waals surface area contributed by atoms with Crippen molar-refractivity contribution in [2.24, 2.45) is 5.92 Å². The molecule has 4 aromatic carbocycles. The Morgan fingerprint density at radius 3 is 2.22 bits per heavy atom. The molecule has 282 valence electrons. The first kappa shape index (κ1) is 37.3. The molecule has 0 radical (unpaired) electrons. The Hall–Kier alpha value is -4.97. The molecule has 3 aliphatic heterocycles. The maximum absolute atomic E-state index is 15.3. The summed E-state index contributed by atoms with van der Waals surface area (Å²) in [5.74, 6) is 0.856. The number of hydrogen-bond donors (Lipinski definition) is 1. The summed E-state index contributed by atoms with van der Waals surface area (Å²) in [5, 5.41) is 11.2. The monoisotopic (exact) mass is 747 g/mol. The third-order valence-corrected chi connectivity index (χ3v) is 16.2. The van der Waals surface area contributed by atoms with Gasteiger partial charge in [0, 0.05) is 43.2 Å². The highest BCUT2D eigenvalue weighted by Gasteiger charge is 2.66. The van der Waals surface area contributed by atoms with Gasteiger partial charge in [-0.1, -0.05) is 79.8 Å². The number of aliphatic hydroxyl groups excluding tert-OH is 1. The molecule has 4 aromatic rings. The van der Waals surface area contributed by atoms with E-state index < -0.39 is 19.8 Å². The van der Waals surface area contributed by atoms with Gasteiger partial charge in [0.05, 0.1) is 53.7 Å². The summed E-state index contributed by atoms with van der Waals surface area (Å²) in [6.07, 6.45) is 0.0203. The fourth-order valence-corrected chi connectivity index (χ4v) is 12.9. The van der Waals surface area contributed by atoms with Crippen LogP contribution in [-0.4, -0.2) is 75.8 Å². The quantitative estimate of drug-likeness (QED) is 0.140. The predicted octanol–water partition coefficient (Wildman–Crippen LogP) is 5.61. The summed E-state index contributed by atoms with van der Waals surface area (Å²) in [6.45, 7) is 8.07. The molecule has 2 fully saturated rings. The summed E-state index contributed by atoms with van der Waals surface area (Å²) in [5.41, 5.74) is 2.68. The molecule has 0 unspecified atom stereocenters. The summed E-state index contributed by atoms with van der Waals surface area (Å²) < 4.78 is 18.4. The Kier molecular flexibility index (Phi) is 10.4. The van der Waals surface area contributed by atoms with Gasteiger partial charge >= 0.3 is 0 Å². The van der Waals surface area contributed by atoms with Gasteiger partial charge in [0.2, 0.25) is 11.8 Å². The van der Waals surface area contributed by atoms with Gasteiger partial charge in [-0.2, -0.15) is 0 Å². The summed E-state index contributed by atoms with van der Waals surface area (Å²) in [6, 6.07) is 31.4. The van der Waals surface area contributed by atoms with E-state index in [0.717, 1.165) is 33.8 Å². The van der Waals surface area contributed by atoms with Gasteiger partial charge in [-0.05, 0) is 59.1 Å². The Morgan fingerprint density at radius 2 is 1.61 bits per heavy atom. The molecule has 1 N–H and O–H groups in total. The zero-order valence-electron chi connectivity index (χ0n) is 31.7. The fraction of sp³-hybridized carbons (Fsp3) is 0.372. The molecular weight excluding hydrogens is 699 g/mol. The normalized spacial score (nSPS) is 22.0. The number of carbonyl (C=O) groups excluding carboxylic acids is 3. The third-order valence-electron chi connectivity index (χ3n) is 11.8. The highest BCUT2D eigenvalue weighted by molar-refractivity contribution is 6.91. The zero-order valence-corrected chi connectivity index (χ0v) is 32.7. The van der Waals surface area contributed by atoms with Crippen molar-refractivity contribution in [1.29, 1.82) is 0 Å². The molecule has 3 amide bonds. The van der Waals surface area contributed by atoms with Gasteiger partial charge in [0.25, 0.3) is 5.91 Å².